The molecule has 0 saturated carbocycles. The number of nitriles is 1. The van der Waals surface area contributed by atoms with Crippen LogP contribution in [-0.2, 0) is 13.1 Å². The maximum atomic E-state index is 14.3. The summed E-state index contributed by atoms with van der Waals surface area (Å²) in [5.41, 5.74) is 4.40. The van der Waals surface area contributed by atoms with Crippen molar-refractivity contribution in [3.8, 4) is 17.2 Å². The molecule has 0 spiro atoms. The molecule has 204 valence electrons. The van der Waals surface area contributed by atoms with Gasteiger partial charge in [-0.25, -0.2) is 9.18 Å². The summed E-state index contributed by atoms with van der Waals surface area (Å²) < 4.78 is 16.4. The molecule has 0 unspecified atom stereocenters. The molecule has 0 bridgehead atoms. The molecule has 7 heteroatoms. The summed E-state index contributed by atoms with van der Waals surface area (Å²) in [5, 5.41) is 24.5. The molecule has 0 aliphatic heterocycles. The number of amides is 1. The second kappa shape index (κ2) is 11.0. The zero-order valence-electron chi connectivity index (χ0n) is 22.3. The molecule has 0 atom stereocenters. The molecule has 6 aromatic rings. The van der Waals surface area contributed by atoms with E-state index in [0.717, 1.165) is 32.8 Å². The van der Waals surface area contributed by atoms with Crippen LogP contribution < -0.4 is 5.32 Å². The minimum Gasteiger partial charge on any atom is -0.478 e. The number of carbonyl (C=O) groups is 2. The Kier molecular flexibility index (Phi) is 6.95. The van der Waals surface area contributed by atoms with Gasteiger partial charge in [-0.05, 0) is 87.6 Å². The quantitative estimate of drug-likeness (QED) is 0.220. The molecule has 1 aromatic heterocycles. The second-order valence-corrected chi connectivity index (χ2v) is 10.1. The van der Waals surface area contributed by atoms with E-state index in [1.54, 1.807) is 24.3 Å². The average Bonchev–Trinajstić information content (AvgIpc) is 3.41. The molecule has 6 nitrogen and oxygen atoms in total. The van der Waals surface area contributed by atoms with Crippen molar-refractivity contribution in [2.75, 3.05) is 0 Å². The Morgan fingerprint density at radius 1 is 0.810 bits per heavy atom. The number of hydrogen-bond acceptors (Lipinski definition) is 3. The van der Waals surface area contributed by atoms with E-state index in [-0.39, 0.29) is 23.6 Å². The van der Waals surface area contributed by atoms with E-state index in [2.05, 4.69) is 35.6 Å². The smallest absolute Gasteiger partial charge is 0.335 e. The molecule has 0 aliphatic rings. The fourth-order valence-electron chi connectivity index (χ4n) is 5.22. The van der Waals surface area contributed by atoms with Gasteiger partial charge >= 0.3 is 5.97 Å². The van der Waals surface area contributed by atoms with Gasteiger partial charge in [-0.15, -0.1) is 0 Å². The molecule has 0 aliphatic carbocycles. The predicted octanol–water partition coefficient (Wildman–Crippen LogP) is 7.15. The summed E-state index contributed by atoms with van der Waals surface area (Å²) >= 11 is 0. The van der Waals surface area contributed by atoms with Crippen molar-refractivity contribution in [3.63, 3.8) is 0 Å². The van der Waals surface area contributed by atoms with Crippen LogP contribution in [-0.4, -0.2) is 21.6 Å². The Balaban J connectivity index is 1.40. The number of nitrogens with zero attached hydrogens (tertiary/aromatic N) is 2. The summed E-state index contributed by atoms with van der Waals surface area (Å²) in [5.74, 6) is -1.89. The first-order valence-electron chi connectivity index (χ1n) is 13.3. The highest BCUT2D eigenvalue weighted by Gasteiger charge is 2.18. The first-order chi connectivity index (χ1) is 20.4. The number of halogens is 1. The number of fused-ring (bicyclic) bond motifs is 2. The van der Waals surface area contributed by atoms with Crippen LogP contribution in [0.5, 0.6) is 0 Å². The minimum atomic E-state index is -1.02. The number of hydrogen-bond donors (Lipinski definition) is 2. The molecule has 0 radical (unpaired) electrons. The second-order valence-electron chi connectivity index (χ2n) is 10.1. The number of nitrogens with one attached hydrogen (secondary N) is 1. The van der Waals surface area contributed by atoms with Crippen molar-refractivity contribution < 1.29 is 19.1 Å². The van der Waals surface area contributed by atoms with Crippen LogP contribution in [0.3, 0.4) is 0 Å². The lowest BCUT2D eigenvalue weighted by Crippen LogP contribution is -2.23. The van der Waals surface area contributed by atoms with Gasteiger partial charge < -0.3 is 15.0 Å². The van der Waals surface area contributed by atoms with Gasteiger partial charge in [0.05, 0.1) is 28.3 Å². The van der Waals surface area contributed by atoms with Crippen molar-refractivity contribution in [2.45, 2.75) is 13.1 Å². The van der Waals surface area contributed by atoms with Gasteiger partial charge in [0, 0.05) is 24.7 Å². The molecular formula is C35H24FN3O3. The van der Waals surface area contributed by atoms with Gasteiger partial charge in [-0.1, -0.05) is 48.5 Å². The predicted molar refractivity (Wildman–Crippen MR) is 160 cm³/mol. The lowest BCUT2D eigenvalue weighted by Gasteiger charge is -2.14. The zero-order chi connectivity index (χ0) is 29.2. The summed E-state index contributed by atoms with van der Waals surface area (Å²) in [6.07, 6.45) is 1.93. The van der Waals surface area contributed by atoms with Crippen molar-refractivity contribution in [2.24, 2.45) is 0 Å². The third-order valence-electron chi connectivity index (χ3n) is 7.29. The van der Waals surface area contributed by atoms with Crippen molar-refractivity contribution in [1.29, 1.82) is 5.26 Å². The summed E-state index contributed by atoms with van der Waals surface area (Å²) in [4.78, 5) is 24.9. The minimum absolute atomic E-state index is 0.165. The number of aromatic carboxylic acids is 1. The van der Waals surface area contributed by atoms with E-state index >= 15 is 0 Å². The molecule has 1 heterocycles. The van der Waals surface area contributed by atoms with Crippen LogP contribution in [0.1, 0.15) is 37.4 Å². The number of carboxylic acids is 1. The number of rotatable bonds is 7. The molecule has 0 saturated heterocycles. The number of carbonyl (C=O) groups excluding carboxylic acids is 1. The third-order valence-corrected chi connectivity index (χ3v) is 7.29. The van der Waals surface area contributed by atoms with E-state index < -0.39 is 11.8 Å². The number of carboxylic acid groups (broad SMARTS) is 1. The Morgan fingerprint density at radius 2 is 1.55 bits per heavy atom. The molecule has 6 rings (SSSR count). The Labute approximate surface area is 240 Å². The molecular weight excluding hydrogens is 529 g/mol. The topological polar surface area (TPSA) is 95.1 Å². The van der Waals surface area contributed by atoms with Gasteiger partial charge in [0.1, 0.15) is 5.82 Å². The van der Waals surface area contributed by atoms with Crippen LogP contribution in [0.4, 0.5) is 4.39 Å². The van der Waals surface area contributed by atoms with Crippen molar-refractivity contribution in [1.82, 2.24) is 9.88 Å². The van der Waals surface area contributed by atoms with Crippen LogP contribution in [0.2, 0.25) is 0 Å². The largest absolute Gasteiger partial charge is 0.478 e. The first kappa shape index (κ1) is 26.5. The molecule has 0 fully saturated rings. The van der Waals surface area contributed by atoms with Crippen LogP contribution in [0, 0.1) is 17.1 Å². The monoisotopic (exact) mass is 553 g/mol. The van der Waals surface area contributed by atoms with Crippen LogP contribution in [0.15, 0.2) is 109 Å². The van der Waals surface area contributed by atoms with E-state index in [4.69, 9.17) is 5.11 Å². The van der Waals surface area contributed by atoms with Gasteiger partial charge in [0.15, 0.2) is 0 Å². The SMILES string of the molecule is N#Cc1cc(F)cc(-c2cc(C(=O)NCc3ccc(C(=O)O)cc3)c3c(ccn3Cc3ccc4ccccc4c3)c2)c1. The Morgan fingerprint density at radius 3 is 2.31 bits per heavy atom. The number of aromatic nitrogens is 1. The fraction of sp³-hybridized carbons (Fsp3) is 0.0571. The van der Waals surface area contributed by atoms with Crippen LogP contribution >= 0.6 is 0 Å². The van der Waals surface area contributed by atoms with Gasteiger partial charge in [0.25, 0.3) is 5.91 Å². The molecule has 5 aromatic carbocycles. The van der Waals surface area contributed by atoms with Gasteiger partial charge in [-0.3, -0.25) is 4.79 Å². The zero-order valence-corrected chi connectivity index (χ0v) is 22.3. The lowest BCUT2D eigenvalue weighted by atomic mass is 9.98. The maximum absolute atomic E-state index is 14.3. The summed E-state index contributed by atoms with van der Waals surface area (Å²) in [7, 11) is 0. The molecule has 1 amide bonds. The Hall–Kier alpha value is -5.74. The third kappa shape index (κ3) is 5.34. The van der Waals surface area contributed by atoms with Crippen molar-refractivity contribution >= 4 is 33.6 Å². The fourth-order valence-corrected chi connectivity index (χ4v) is 5.22. The van der Waals surface area contributed by atoms with E-state index in [9.17, 15) is 19.2 Å². The molecule has 2 N–H and O–H groups in total. The lowest BCUT2D eigenvalue weighted by molar-refractivity contribution is 0.0696. The van der Waals surface area contributed by atoms with E-state index in [1.807, 2.05) is 41.1 Å². The molecule has 42 heavy (non-hydrogen) atoms. The highest BCUT2D eigenvalue weighted by Crippen LogP contribution is 2.31. The highest BCUT2D eigenvalue weighted by molar-refractivity contribution is 6.08. The highest BCUT2D eigenvalue weighted by atomic mass is 19.1. The Bertz CT molecular complexity index is 2040. The maximum Gasteiger partial charge on any atom is 0.335 e. The average molecular weight is 554 g/mol. The van der Waals surface area contributed by atoms with Crippen molar-refractivity contribution in [3.05, 3.63) is 143 Å². The first-order valence-corrected chi connectivity index (χ1v) is 13.3. The van der Waals surface area contributed by atoms with E-state index in [1.165, 1.54) is 24.3 Å². The standard InChI is InChI=1S/C35H24FN3O3/c36-31-15-24(19-37)14-29(17-31)30-16-28-11-12-39(21-23-7-8-25-3-1-2-4-27(25)13-23)33(28)32(18-30)34(40)38-20-22-5-9-26(10-6-22)35(41)42/h1-18H,20-21H2,(H,38,40)(H,41,42). The number of benzene rings is 5. The van der Waals surface area contributed by atoms with Crippen LogP contribution in [0.25, 0.3) is 32.8 Å². The summed E-state index contributed by atoms with van der Waals surface area (Å²) in [6, 6.07) is 32.4. The van der Waals surface area contributed by atoms with Gasteiger partial charge in [-0.2, -0.15) is 5.26 Å². The normalized spacial score (nSPS) is 11.0. The van der Waals surface area contributed by atoms with E-state index in [0.29, 0.717) is 23.2 Å². The summed E-state index contributed by atoms with van der Waals surface area (Å²) in [6.45, 7) is 0.720. The van der Waals surface area contributed by atoms with Gasteiger partial charge in [0.2, 0.25) is 0 Å².